The van der Waals surface area contributed by atoms with Crippen molar-refractivity contribution in [2.45, 2.75) is 76.4 Å². The minimum Gasteiger partial charge on any atom is -0.352 e. The second-order valence-electron chi connectivity index (χ2n) is 9.96. The van der Waals surface area contributed by atoms with Crippen LogP contribution in [0.2, 0.25) is 5.02 Å². The SMILES string of the molecule is CC[C@@H](C(=O)NC1CCCCC1)N(Cc1ccccc1Cl)C(=O)CC(c1ccccc1)c1ccccc1. The van der Waals surface area contributed by atoms with Gasteiger partial charge in [0, 0.05) is 29.9 Å². The van der Waals surface area contributed by atoms with Crippen LogP contribution in [-0.2, 0) is 16.1 Å². The van der Waals surface area contributed by atoms with E-state index < -0.39 is 6.04 Å². The van der Waals surface area contributed by atoms with Gasteiger partial charge in [-0.15, -0.1) is 0 Å². The number of benzene rings is 3. The number of carbonyl (C=O) groups excluding carboxylic acids is 2. The first-order valence-electron chi connectivity index (χ1n) is 13.5. The molecule has 3 aromatic rings. The third-order valence-electron chi connectivity index (χ3n) is 7.42. The highest BCUT2D eigenvalue weighted by atomic mass is 35.5. The standard InChI is InChI=1S/C32H37ClN2O2/c1-2-30(32(37)34-27-19-10-5-11-20-27)35(23-26-18-12-13-21-29(26)33)31(36)22-28(24-14-6-3-7-15-24)25-16-8-4-9-17-25/h3-4,6-9,12-18,21,27-28,30H,2,5,10-11,19-20,22-23H2,1H3,(H,34,37)/t30-/m0/s1. The highest BCUT2D eigenvalue weighted by Gasteiger charge is 2.32. The van der Waals surface area contributed by atoms with E-state index in [1.54, 1.807) is 4.90 Å². The fraction of sp³-hybridized carbons (Fsp3) is 0.375. The maximum Gasteiger partial charge on any atom is 0.243 e. The van der Waals surface area contributed by atoms with Crippen LogP contribution in [0.25, 0.3) is 0 Å². The van der Waals surface area contributed by atoms with E-state index in [-0.39, 0.29) is 30.2 Å². The first kappa shape index (κ1) is 26.9. The molecule has 0 saturated heterocycles. The van der Waals surface area contributed by atoms with Gasteiger partial charge in [-0.3, -0.25) is 9.59 Å². The van der Waals surface area contributed by atoms with Gasteiger partial charge in [-0.05, 0) is 42.0 Å². The smallest absolute Gasteiger partial charge is 0.243 e. The molecule has 4 rings (SSSR count). The van der Waals surface area contributed by atoms with Gasteiger partial charge in [-0.1, -0.05) is 117 Å². The number of nitrogens with zero attached hydrogens (tertiary/aromatic N) is 1. The van der Waals surface area contributed by atoms with Gasteiger partial charge < -0.3 is 10.2 Å². The molecular formula is C32H37ClN2O2. The van der Waals surface area contributed by atoms with Gasteiger partial charge in [0.2, 0.25) is 11.8 Å². The Morgan fingerprint density at radius 2 is 1.43 bits per heavy atom. The number of carbonyl (C=O) groups is 2. The Morgan fingerprint density at radius 3 is 2.00 bits per heavy atom. The van der Waals surface area contributed by atoms with E-state index in [0.717, 1.165) is 42.4 Å². The summed E-state index contributed by atoms with van der Waals surface area (Å²) in [6.07, 6.45) is 6.32. The Labute approximate surface area is 226 Å². The molecule has 1 aliphatic rings. The van der Waals surface area contributed by atoms with Gasteiger partial charge in [-0.2, -0.15) is 0 Å². The Hall–Kier alpha value is -3.11. The number of hydrogen-bond acceptors (Lipinski definition) is 2. The normalized spacial score (nSPS) is 14.8. The lowest BCUT2D eigenvalue weighted by Gasteiger charge is -2.34. The second-order valence-corrected chi connectivity index (χ2v) is 10.4. The lowest BCUT2D eigenvalue weighted by molar-refractivity contribution is -0.142. The Balaban J connectivity index is 1.63. The van der Waals surface area contributed by atoms with Crippen LogP contribution >= 0.6 is 11.6 Å². The molecular weight excluding hydrogens is 480 g/mol. The molecule has 194 valence electrons. The summed E-state index contributed by atoms with van der Waals surface area (Å²) in [5, 5.41) is 3.86. The van der Waals surface area contributed by atoms with Crippen LogP contribution in [0.3, 0.4) is 0 Å². The highest BCUT2D eigenvalue weighted by Crippen LogP contribution is 2.30. The molecule has 1 aliphatic carbocycles. The Kier molecular flexibility index (Phi) is 9.78. The first-order valence-corrected chi connectivity index (χ1v) is 13.9. The summed E-state index contributed by atoms with van der Waals surface area (Å²) in [5.74, 6) is -0.225. The van der Waals surface area contributed by atoms with Crippen molar-refractivity contribution in [2.75, 3.05) is 0 Å². The second kappa shape index (κ2) is 13.4. The zero-order chi connectivity index (χ0) is 26.0. The van der Waals surface area contributed by atoms with Crippen molar-refractivity contribution in [3.05, 3.63) is 107 Å². The van der Waals surface area contributed by atoms with Crippen molar-refractivity contribution in [2.24, 2.45) is 0 Å². The Bertz CT molecular complexity index is 1110. The average Bonchev–Trinajstić information content (AvgIpc) is 2.94. The predicted molar refractivity (Wildman–Crippen MR) is 150 cm³/mol. The van der Waals surface area contributed by atoms with E-state index in [4.69, 9.17) is 11.6 Å². The van der Waals surface area contributed by atoms with Gasteiger partial charge in [0.15, 0.2) is 0 Å². The molecule has 1 saturated carbocycles. The quantitative estimate of drug-likeness (QED) is 0.312. The predicted octanol–water partition coefficient (Wildman–Crippen LogP) is 7.12. The number of nitrogens with one attached hydrogen (secondary N) is 1. The minimum atomic E-state index is -0.558. The van der Waals surface area contributed by atoms with Gasteiger partial charge in [0.05, 0.1) is 0 Å². The molecule has 37 heavy (non-hydrogen) atoms. The van der Waals surface area contributed by atoms with E-state index in [2.05, 4.69) is 29.6 Å². The molecule has 0 unspecified atom stereocenters. The van der Waals surface area contributed by atoms with Crippen molar-refractivity contribution in [3.63, 3.8) is 0 Å². The molecule has 1 N–H and O–H groups in total. The molecule has 3 aromatic carbocycles. The largest absolute Gasteiger partial charge is 0.352 e. The fourth-order valence-electron chi connectivity index (χ4n) is 5.36. The molecule has 1 fully saturated rings. The maximum absolute atomic E-state index is 14.1. The molecule has 0 aromatic heterocycles. The van der Waals surface area contributed by atoms with Crippen LogP contribution in [0.15, 0.2) is 84.9 Å². The summed E-state index contributed by atoms with van der Waals surface area (Å²) in [5.41, 5.74) is 3.01. The third kappa shape index (κ3) is 7.23. The van der Waals surface area contributed by atoms with E-state index in [1.165, 1.54) is 6.42 Å². The van der Waals surface area contributed by atoms with Crippen LogP contribution in [0.5, 0.6) is 0 Å². The van der Waals surface area contributed by atoms with Crippen molar-refractivity contribution in [1.82, 2.24) is 10.2 Å². The molecule has 1 atom stereocenters. The monoisotopic (exact) mass is 516 g/mol. The van der Waals surface area contributed by atoms with E-state index in [1.807, 2.05) is 67.6 Å². The molecule has 5 heteroatoms. The number of halogens is 1. The summed E-state index contributed by atoms with van der Waals surface area (Å²) in [6, 6.07) is 27.4. The summed E-state index contributed by atoms with van der Waals surface area (Å²) in [7, 11) is 0. The lowest BCUT2D eigenvalue weighted by atomic mass is 9.88. The van der Waals surface area contributed by atoms with Crippen molar-refractivity contribution >= 4 is 23.4 Å². The summed E-state index contributed by atoms with van der Waals surface area (Å²) in [6.45, 7) is 2.27. The van der Waals surface area contributed by atoms with Crippen LogP contribution in [0.1, 0.15) is 74.5 Å². The van der Waals surface area contributed by atoms with E-state index >= 15 is 0 Å². The zero-order valence-corrected chi connectivity index (χ0v) is 22.4. The van der Waals surface area contributed by atoms with Gasteiger partial charge >= 0.3 is 0 Å². The van der Waals surface area contributed by atoms with Crippen LogP contribution < -0.4 is 5.32 Å². The van der Waals surface area contributed by atoms with Gasteiger partial charge in [0.25, 0.3) is 0 Å². The first-order chi connectivity index (χ1) is 18.1. The topological polar surface area (TPSA) is 49.4 Å². The van der Waals surface area contributed by atoms with Crippen molar-refractivity contribution in [1.29, 1.82) is 0 Å². The molecule has 2 amide bonds. The zero-order valence-electron chi connectivity index (χ0n) is 21.6. The fourth-order valence-corrected chi connectivity index (χ4v) is 5.56. The summed E-state index contributed by atoms with van der Waals surface area (Å²) >= 11 is 6.52. The molecule has 0 radical (unpaired) electrons. The average molecular weight is 517 g/mol. The third-order valence-corrected chi connectivity index (χ3v) is 7.79. The van der Waals surface area contributed by atoms with Crippen molar-refractivity contribution < 1.29 is 9.59 Å². The minimum absolute atomic E-state index is 0.0525. The van der Waals surface area contributed by atoms with Gasteiger partial charge in [-0.25, -0.2) is 0 Å². The summed E-state index contributed by atoms with van der Waals surface area (Å²) in [4.78, 5) is 29.4. The van der Waals surface area contributed by atoms with Gasteiger partial charge in [0.1, 0.15) is 6.04 Å². The number of hydrogen-bond donors (Lipinski definition) is 1. The molecule has 0 heterocycles. The molecule has 4 nitrogen and oxygen atoms in total. The lowest BCUT2D eigenvalue weighted by Crippen LogP contribution is -2.51. The number of amides is 2. The summed E-state index contributed by atoms with van der Waals surface area (Å²) < 4.78 is 0. The maximum atomic E-state index is 14.1. The van der Waals surface area contributed by atoms with E-state index in [0.29, 0.717) is 18.0 Å². The van der Waals surface area contributed by atoms with Crippen molar-refractivity contribution in [3.8, 4) is 0 Å². The van der Waals surface area contributed by atoms with Crippen LogP contribution in [-0.4, -0.2) is 28.8 Å². The highest BCUT2D eigenvalue weighted by molar-refractivity contribution is 6.31. The number of rotatable bonds is 10. The molecule has 0 bridgehead atoms. The van der Waals surface area contributed by atoms with Crippen LogP contribution in [0.4, 0.5) is 0 Å². The van der Waals surface area contributed by atoms with Crippen LogP contribution in [0, 0.1) is 0 Å². The molecule has 0 spiro atoms. The Morgan fingerprint density at radius 1 is 0.865 bits per heavy atom. The molecule has 0 aliphatic heterocycles. The van der Waals surface area contributed by atoms with E-state index in [9.17, 15) is 9.59 Å².